The summed E-state index contributed by atoms with van der Waals surface area (Å²) in [6.45, 7) is 1.18. The Bertz CT molecular complexity index is 646. The summed E-state index contributed by atoms with van der Waals surface area (Å²) in [5.41, 5.74) is 8.48. The number of rotatable bonds is 2. The number of hydrogen-bond acceptors (Lipinski definition) is 3. The van der Waals surface area contributed by atoms with Gasteiger partial charge in [-0.3, -0.25) is 0 Å². The van der Waals surface area contributed by atoms with Crippen molar-refractivity contribution < 1.29 is 4.74 Å². The predicted molar refractivity (Wildman–Crippen MR) is 83.9 cm³/mol. The summed E-state index contributed by atoms with van der Waals surface area (Å²) in [6, 6.07) is 11.4. The van der Waals surface area contributed by atoms with Crippen LogP contribution in [0.25, 0.3) is 11.1 Å². The summed E-state index contributed by atoms with van der Waals surface area (Å²) in [5.74, 6) is 0.790. The maximum Gasteiger partial charge on any atom is 0.150 e. The fraction of sp³-hybridized carbons (Fsp3) is 0.200. The van der Waals surface area contributed by atoms with Crippen LogP contribution in [0.2, 0.25) is 10.0 Å². The Hall–Kier alpha value is -1.42. The molecule has 1 unspecified atom stereocenters. The average molecular weight is 309 g/mol. The molecule has 0 bridgehead atoms. The fourth-order valence-corrected chi connectivity index (χ4v) is 2.80. The molecule has 3 rings (SSSR count). The molecule has 1 heterocycles. The van der Waals surface area contributed by atoms with Crippen molar-refractivity contribution in [3.63, 3.8) is 0 Å². The van der Waals surface area contributed by atoms with Crippen LogP contribution in [0, 0.1) is 0 Å². The Morgan fingerprint density at radius 3 is 2.80 bits per heavy atom. The van der Waals surface area contributed by atoms with Crippen molar-refractivity contribution in [1.29, 1.82) is 0 Å². The molecule has 0 aromatic heterocycles. The summed E-state index contributed by atoms with van der Waals surface area (Å²) in [5, 5.41) is 4.55. The van der Waals surface area contributed by atoms with Crippen molar-refractivity contribution in [1.82, 2.24) is 0 Å². The molecule has 104 valence electrons. The molecule has 0 saturated carbocycles. The topological polar surface area (TPSA) is 47.3 Å². The molecule has 0 fully saturated rings. The highest BCUT2D eigenvalue weighted by atomic mass is 35.5. The molecular weight excluding hydrogens is 295 g/mol. The van der Waals surface area contributed by atoms with E-state index in [4.69, 9.17) is 33.7 Å². The van der Waals surface area contributed by atoms with Gasteiger partial charge in [-0.25, -0.2) is 0 Å². The number of nitrogens with one attached hydrogen (secondary N) is 1. The number of anilines is 1. The van der Waals surface area contributed by atoms with Gasteiger partial charge in [0.05, 0.1) is 17.3 Å². The zero-order valence-electron chi connectivity index (χ0n) is 10.7. The largest absolute Gasteiger partial charge is 0.484 e. The van der Waals surface area contributed by atoms with E-state index >= 15 is 0 Å². The number of nitrogens with two attached hydrogens (primary N) is 1. The van der Waals surface area contributed by atoms with E-state index in [1.807, 2.05) is 30.3 Å². The lowest BCUT2D eigenvalue weighted by Crippen LogP contribution is -2.37. The van der Waals surface area contributed by atoms with Gasteiger partial charge in [0.2, 0.25) is 0 Å². The van der Waals surface area contributed by atoms with E-state index in [2.05, 4.69) is 5.32 Å². The number of hydrogen-bond donors (Lipinski definition) is 2. The van der Waals surface area contributed by atoms with E-state index in [0.29, 0.717) is 23.1 Å². The highest BCUT2D eigenvalue weighted by Gasteiger charge is 2.22. The number of halogens is 2. The Kier molecular flexibility index (Phi) is 3.74. The van der Waals surface area contributed by atoms with Crippen LogP contribution in [0.15, 0.2) is 36.4 Å². The lowest BCUT2D eigenvalue weighted by Gasteiger charge is -2.28. The number of benzene rings is 2. The van der Waals surface area contributed by atoms with E-state index in [0.717, 1.165) is 22.6 Å². The van der Waals surface area contributed by atoms with Crippen molar-refractivity contribution >= 4 is 28.9 Å². The molecule has 1 aliphatic rings. The van der Waals surface area contributed by atoms with Crippen LogP contribution in [-0.2, 0) is 0 Å². The van der Waals surface area contributed by atoms with E-state index in [1.165, 1.54) is 0 Å². The molecule has 0 saturated heterocycles. The van der Waals surface area contributed by atoms with Crippen molar-refractivity contribution in [2.24, 2.45) is 5.73 Å². The Labute approximate surface area is 127 Å². The molecular formula is C15H14Cl2N2O. The van der Waals surface area contributed by atoms with Gasteiger partial charge in [-0.15, -0.1) is 0 Å². The first-order valence-electron chi connectivity index (χ1n) is 6.38. The van der Waals surface area contributed by atoms with Crippen molar-refractivity contribution in [2.45, 2.75) is 6.10 Å². The van der Waals surface area contributed by atoms with E-state index in [1.54, 1.807) is 6.07 Å². The van der Waals surface area contributed by atoms with Crippen LogP contribution in [0.3, 0.4) is 0 Å². The Balaban J connectivity index is 2.10. The summed E-state index contributed by atoms with van der Waals surface area (Å²) < 4.78 is 5.97. The van der Waals surface area contributed by atoms with Crippen LogP contribution < -0.4 is 15.8 Å². The first kappa shape index (κ1) is 13.6. The SMILES string of the molecule is NCC1CNc2cccc(-c3ccc(Cl)cc3Cl)c2O1. The maximum absolute atomic E-state index is 6.29. The monoisotopic (exact) mass is 308 g/mol. The van der Waals surface area contributed by atoms with E-state index in [-0.39, 0.29) is 6.10 Å². The minimum absolute atomic E-state index is 0.0327. The number of ether oxygens (including phenoxy) is 1. The molecule has 0 spiro atoms. The van der Waals surface area contributed by atoms with Crippen molar-refractivity contribution in [2.75, 3.05) is 18.4 Å². The normalized spacial score (nSPS) is 17.1. The molecule has 20 heavy (non-hydrogen) atoms. The second-order valence-corrected chi connectivity index (χ2v) is 5.51. The number of fused-ring (bicyclic) bond motifs is 1. The molecule has 0 amide bonds. The summed E-state index contributed by atoms with van der Waals surface area (Å²) in [6.07, 6.45) is -0.0327. The van der Waals surface area contributed by atoms with Gasteiger partial charge < -0.3 is 15.8 Å². The van der Waals surface area contributed by atoms with E-state index in [9.17, 15) is 0 Å². The van der Waals surface area contributed by atoms with Gasteiger partial charge in [-0.2, -0.15) is 0 Å². The Morgan fingerprint density at radius 2 is 2.05 bits per heavy atom. The van der Waals surface area contributed by atoms with Gasteiger partial charge in [0, 0.05) is 22.7 Å². The molecule has 2 aromatic carbocycles. The zero-order chi connectivity index (χ0) is 14.1. The van der Waals surface area contributed by atoms with Gasteiger partial charge in [-0.05, 0) is 18.2 Å². The molecule has 1 atom stereocenters. The highest BCUT2D eigenvalue weighted by Crippen LogP contribution is 2.42. The number of para-hydroxylation sites is 1. The van der Waals surface area contributed by atoms with Gasteiger partial charge >= 0.3 is 0 Å². The van der Waals surface area contributed by atoms with Crippen LogP contribution in [-0.4, -0.2) is 19.2 Å². The predicted octanol–water partition coefficient (Wildman–Crippen LogP) is 3.79. The third-order valence-corrected chi connectivity index (χ3v) is 3.85. The smallest absolute Gasteiger partial charge is 0.150 e. The highest BCUT2D eigenvalue weighted by molar-refractivity contribution is 6.36. The molecule has 0 radical (unpaired) electrons. The second kappa shape index (κ2) is 5.52. The second-order valence-electron chi connectivity index (χ2n) is 4.66. The standard InChI is InChI=1S/C15H14Cl2N2O/c16-9-4-5-11(13(17)6-9)12-2-1-3-14-15(12)20-10(7-18)8-19-14/h1-6,10,19H,7-8,18H2. The lowest BCUT2D eigenvalue weighted by atomic mass is 10.0. The molecule has 3 nitrogen and oxygen atoms in total. The summed E-state index contributed by atoms with van der Waals surface area (Å²) in [4.78, 5) is 0. The van der Waals surface area contributed by atoms with Crippen LogP contribution >= 0.6 is 23.2 Å². The Morgan fingerprint density at radius 1 is 1.20 bits per heavy atom. The van der Waals surface area contributed by atoms with Gasteiger partial charge in [0.15, 0.2) is 5.75 Å². The fourth-order valence-electron chi connectivity index (χ4n) is 2.29. The molecule has 3 N–H and O–H groups in total. The first-order chi connectivity index (χ1) is 9.69. The minimum Gasteiger partial charge on any atom is -0.484 e. The summed E-state index contributed by atoms with van der Waals surface area (Å²) >= 11 is 12.2. The quantitative estimate of drug-likeness (QED) is 0.887. The molecule has 0 aliphatic carbocycles. The average Bonchev–Trinajstić information content (AvgIpc) is 2.46. The van der Waals surface area contributed by atoms with Crippen molar-refractivity contribution in [3.8, 4) is 16.9 Å². The minimum atomic E-state index is -0.0327. The van der Waals surface area contributed by atoms with Gasteiger partial charge in [-0.1, -0.05) is 41.4 Å². The van der Waals surface area contributed by atoms with Crippen molar-refractivity contribution in [3.05, 3.63) is 46.4 Å². The van der Waals surface area contributed by atoms with Gasteiger partial charge in [0.25, 0.3) is 0 Å². The first-order valence-corrected chi connectivity index (χ1v) is 7.13. The van der Waals surface area contributed by atoms with Crippen LogP contribution in [0.1, 0.15) is 0 Å². The lowest BCUT2D eigenvalue weighted by molar-refractivity contribution is 0.215. The molecule has 2 aromatic rings. The third-order valence-electron chi connectivity index (χ3n) is 3.30. The van der Waals surface area contributed by atoms with Crippen LogP contribution in [0.4, 0.5) is 5.69 Å². The van der Waals surface area contributed by atoms with E-state index < -0.39 is 0 Å². The molecule has 5 heteroatoms. The van der Waals surface area contributed by atoms with Crippen LogP contribution in [0.5, 0.6) is 5.75 Å². The molecule has 1 aliphatic heterocycles. The summed E-state index contributed by atoms with van der Waals surface area (Å²) in [7, 11) is 0. The third kappa shape index (κ3) is 2.44. The maximum atomic E-state index is 6.29. The zero-order valence-corrected chi connectivity index (χ0v) is 12.2. The van der Waals surface area contributed by atoms with Gasteiger partial charge in [0.1, 0.15) is 6.10 Å².